The zero-order chi connectivity index (χ0) is 21.3. The fourth-order valence-electron chi connectivity index (χ4n) is 3.05. The molecule has 0 radical (unpaired) electrons. The van der Waals surface area contributed by atoms with Crippen LogP contribution in [0.5, 0.6) is 11.5 Å². The second-order valence-electron chi connectivity index (χ2n) is 6.32. The van der Waals surface area contributed by atoms with Gasteiger partial charge in [0.15, 0.2) is 5.58 Å². The van der Waals surface area contributed by atoms with Crippen LogP contribution in [0.1, 0.15) is 10.4 Å². The number of amides is 1. The Morgan fingerprint density at radius 2 is 1.73 bits per heavy atom. The summed E-state index contributed by atoms with van der Waals surface area (Å²) in [5.41, 5.74) is 2.54. The number of nitrogens with one attached hydrogen (secondary N) is 1. The van der Waals surface area contributed by atoms with E-state index in [0.717, 1.165) is 0 Å². The molecule has 1 amide bonds. The number of nitrogens with zero attached hydrogens (tertiary/aromatic N) is 1. The van der Waals surface area contributed by atoms with E-state index in [-0.39, 0.29) is 5.91 Å². The van der Waals surface area contributed by atoms with Crippen molar-refractivity contribution in [3.63, 3.8) is 0 Å². The molecular weight excluding hydrogens is 427 g/mol. The van der Waals surface area contributed by atoms with E-state index in [1.807, 2.05) is 0 Å². The quantitative estimate of drug-likeness (QED) is 0.405. The summed E-state index contributed by atoms with van der Waals surface area (Å²) in [6, 6.07) is 15.3. The lowest BCUT2D eigenvalue weighted by Crippen LogP contribution is -2.14. The van der Waals surface area contributed by atoms with E-state index >= 15 is 0 Å². The lowest BCUT2D eigenvalue weighted by Gasteiger charge is -2.12. The van der Waals surface area contributed by atoms with Crippen LogP contribution in [0.2, 0.25) is 10.0 Å². The van der Waals surface area contributed by atoms with Gasteiger partial charge in [0.25, 0.3) is 5.91 Å². The number of carbonyl (C=O) groups excluding carboxylic acids is 1. The Bertz CT molecular complexity index is 1230. The van der Waals surface area contributed by atoms with Gasteiger partial charge in [0.1, 0.15) is 22.6 Å². The van der Waals surface area contributed by atoms with Gasteiger partial charge in [-0.2, -0.15) is 0 Å². The van der Waals surface area contributed by atoms with Gasteiger partial charge >= 0.3 is 0 Å². The van der Waals surface area contributed by atoms with E-state index in [0.29, 0.717) is 55.3 Å². The van der Waals surface area contributed by atoms with Crippen molar-refractivity contribution in [3.05, 3.63) is 70.2 Å². The van der Waals surface area contributed by atoms with Crippen molar-refractivity contribution in [1.82, 2.24) is 4.98 Å². The van der Waals surface area contributed by atoms with E-state index in [9.17, 15) is 4.79 Å². The first-order valence-electron chi connectivity index (χ1n) is 8.88. The summed E-state index contributed by atoms with van der Waals surface area (Å²) in [6.45, 7) is 0. The number of rotatable bonds is 5. The molecule has 3 aromatic carbocycles. The van der Waals surface area contributed by atoms with Crippen LogP contribution < -0.4 is 14.8 Å². The van der Waals surface area contributed by atoms with E-state index in [1.165, 1.54) is 14.2 Å². The van der Waals surface area contributed by atoms with Gasteiger partial charge in [0.05, 0.1) is 24.8 Å². The summed E-state index contributed by atoms with van der Waals surface area (Å²) in [7, 11) is 2.99. The van der Waals surface area contributed by atoms with Gasteiger partial charge in [0.2, 0.25) is 5.89 Å². The minimum Gasteiger partial charge on any atom is -0.496 e. The van der Waals surface area contributed by atoms with Crippen LogP contribution in [-0.2, 0) is 0 Å². The monoisotopic (exact) mass is 442 g/mol. The van der Waals surface area contributed by atoms with Crippen LogP contribution in [0.25, 0.3) is 22.6 Å². The van der Waals surface area contributed by atoms with Crippen LogP contribution >= 0.6 is 23.2 Å². The Labute approximate surface area is 182 Å². The topological polar surface area (TPSA) is 73.6 Å². The smallest absolute Gasteiger partial charge is 0.263 e. The van der Waals surface area contributed by atoms with Crippen molar-refractivity contribution in [2.75, 3.05) is 19.5 Å². The first-order chi connectivity index (χ1) is 14.5. The number of fused-ring (bicyclic) bond motifs is 1. The van der Waals surface area contributed by atoms with Crippen LogP contribution in [0.15, 0.2) is 59.0 Å². The van der Waals surface area contributed by atoms with Crippen LogP contribution in [0.4, 0.5) is 5.69 Å². The molecule has 4 rings (SSSR count). The van der Waals surface area contributed by atoms with Crippen molar-refractivity contribution in [2.45, 2.75) is 0 Å². The van der Waals surface area contributed by atoms with Gasteiger partial charge in [-0.25, -0.2) is 4.98 Å². The first kappa shape index (κ1) is 20.1. The molecule has 0 spiro atoms. The first-order valence-corrected chi connectivity index (χ1v) is 9.64. The third kappa shape index (κ3) is 3.79. The van der Waals surface area contributed by atoms with Crippen molar-refractivity contribution >= 4 is 45.9 Å². The maximum atomic E-state index is 12.9. The summed E-state index contributed by atoms with van der Waals surface area (Å²) in [5, 5.41) is 3.84. The van der Waals surface area contributed by atoms with Crippen LogP contribution in [0.3, 0.4) is 0 Å². The van der Waals surface area contributed by atoms with Gasteiger partial charge in [0, 0.05) is 10.7 Å². The number of anilines is 1. The third-order valence-corrected chi connectivity index (χ3v) is 5.02. The van der Waals surface area contributed by atoms with E-state index in [4.69, 9.17) is 37.1 Å². The van der Waals surface area contributed by atoms with Gasteiger partial charge in [-0.1, -0.05) is 29.3 Å². The number of ether oxygens (including phenoxy) is 2. The SMILES string of the molecule is COc1cccc(OC)c1C(=O)Nc1ccc2oc(-c3cc(Cl)ccc3Cl)nc2c1. The zero-order valence-corrected chi connectivity index (χ0v) is 17.5. The predicted molar refractivity (Wildman–Crippen MR) is 117 cm³/mol. The Balaban J connectivity index is 1.67. The Morgan fingerprint density at radius 3 is 2.43 bits per heavy atom. The average molecular weight is 443 g/mol. The maximum Gasteiger partial charge on any atom is 0.263 e. The minimum absolute atomic E-state index is 0.300. The summed E-state index contributed by atoms with van der Waals surface area (Å²) >= 11 is 12.3. The highest BCUT2D eigenvalue weighted by Gasteiger charge is 2.19. The number of hydrogen-bond acceptors (Lipinski definition) is 5. The molecular formula is C22H16Cl2N2O4. The van der Waals surface area contributed by atoms with Crippen LogP contribution in [0, 0.1) is 0 Å². The molecule has 1 aromatic heterocycles. The van der Waals surface area contributed by atoms with E-state index in [1.54, 1.807) is 54.6 Å². The number of benzene rings is 3. The molecule has 0 bridgehead atoms. The predicted octanol–water partition coefficient (Wildman–Crippen LogP) is 6.07. The molecule has 0 atom stereocenters. The molecule has 0 aliphatic heterocycles. The van der Waals surface area contributed by atoms with Gasteiger partial charge in [-0.15, -0.1) is 0 Å². The molecule has 0 saturated carbocycles. The number of carbonyl (C=O) groups is 1. The summed E-state index contributed by atoms with van der Waals surface area (Å²) < 4.78 is 16.4. The van der Waals surface area contributed by atoms with Crippen molar-refractivity contribution in [1.29, 1.82) is 0 Å². The lowest BCUT2D eigenvalue weighted by atomic mass is 10.1. The third-order valence-electron chi connectivity index (χ3n) is 4.46. The molecule has 0 aliphatic rings. The Morgan fingerprint density at radius 1 is 1.00 bits per heavy atom. The second kappa shape index (κ2) is 8.26. The molecule has 4 aromatic rings. The fraction of sp³-hybridized carbons (Fsp3) is 0.0909. The summed E-state index contributed by atoms with van der Waals surface area (Å²) in [5.74, 6) is 0.789. The fourth-order valence-corrected chi connectivity index (χ4v) is 3.42. The number of hydrogen-bond donors (Lipinski definition) is 1. The minimum atomic E-state index is -0.370. The van der Waals surface area contributed by atoms with Crippen LogP contribution in [-0.4, -0.2) is 25.1 Å². The molecule has 0 aliphatic carbocycles. The number of halogens is 2. The van der Waals surface area contributed by atoms with Gasteiger partial charge in [-0.3, -0.25) is 4.79 Å². The van der Waals surface area contributed by atoms with E-state index in [2.05, 4.69) is 10.3 Å². The van der Waals surface area contributed by atoms with Crippen molar-refractivity contribution in [3.8, 4) is 23.0 Å². The van der Waals surface area contributed by atoms with Gasteiger partial charge < -0.3 is 19.2 Å². The molecule has 152 valence electrons. The van der Waals surface area contributed by atoms with Gasteiger partial charge in [-0.05, 0) is 48.5 Å². The molecule has 0 unspecified atom stereocenters. The number of oxazole rings is 1. The second-order valence-corrected chi connectivity index (χ2v) is 7.16. The molecule has 1 N–H and O–H groups in total. The summed E-state index contributed by atoms with van der Waals surface area (Å²) in [4.78, 5) is 17.4. The highest BCUT2D eigenvalue weighted by molar-refractivity contribution is 6.35. The normalized spacial score (nSPS) is 10.8. The summed E-state index contributed by atoms with van der Waals surface area (Å²) in [6.07, 6.45) is 0. The molecule has 1 heterocycles. The van der Waals surface area contributed by atoms with E-state index < -0.39 is 0 Å². The lowest BCUT2D eigenvalue weighted by molar-refractivity contribution is 0.102. The average Bonchev–Trinajstić information content (AvgIpc) is 3.17. The molecule has 6 nitrogen and oxygen atoms in total. The largest absolute Gasteiger partial charge is 0.496 e. The zero-order valence-electron chi connectivity index (χ0n) is 16.0. The Kier molecular flexibility index (Phi) is 5.53. The standard InChI is InChI=1S/C22H16Cl2N2O4/c1-28-18-4-3-5-19(29-2)20(18)21(27)25-13-7-9-17-16(11-13)26-22(30-17)14-10-12(23)6-8-15(14)24/h3-11H,1-2H3,(H,25,27). The molecule has 30 heavy (non-hydrogen) atoms. The number of aromatic nitrogens is 1. The number of methoxy groups -OCH3 is 2. The van der Waals surface area contributed by atoms with Crippen molar-refractivity contribution in [2.24, 2.45) is 0 Å². The Hall–Kier alpha value is -3.22. The molecule has 8 heteroatoms. The highest BCUT2D eigenvalue weighted by Crippen LogP contribution is 2.33. The molecule has 0 saturated heterocycles. The van der Waals surface area contributed by atoms with Crippen molar-refractivity contribution < 1.29 is 18.7 Å². The highest BCUT2D eigenvalue weighted by atomic mass is 35.5. The maximum absolute atomic E-state index is 12.9. The molecule has 0 fully saturated rings.